The molecular weight excluding hydrogens is 474 g/mol. The fourth-order valence-corrected chi connectivity index (χ4v) is 4.52. The van der Waals surface area contributed by atoms with E-state index in [9.17, 15) is 4.79 Å². The van der Waals surface area contributed by atoms with Crippen LogP contribution >= 0.6 is 0 Å². The molecule has 0 aliphatic carbocycles. The van der Waals surface area contributed by atoms with Gasteiger partial charge in [0, 0.05) is 42.5 Å². The molecule has 0 saturated heterocycles. The van der Waals surface area contributed by atoms with Crippen LogP contribution in [0.15, 0.2) is 77.1 Å². The first-order valence-electron chi connectivity index (χ1n) is 12.8. The highest BCUT2D eigenvalue weighted by atomic mass is 16.7. The molecule has 2 aromatic carbocycles. The van der Waals surface area contributed by atoms with Gasteiger partial charge in [-0.25, -0.2) is 0 Å². The number of allylic oxidation sites excluding steroid dienone is 1. The number of nitrogens with one attached hydrogen (secondary N) is 1. The van der Waals surface area contributed by atoms with Gasteiger partial charge < -0.3 is 33.8 Å². The van der Waals surface area contributed by atoms with E-state index in [4.69, 9.17) is 28.5 Å². The van der Waals surface area contributed by atoms with Gasteiger partial charge >= 0.3 is 0 Å². The maximum atomic E-state index is 13.2. The van der Waals surface area contributed by atoms with Gasteiger partial charge in [0.1, 0.15) is 5.58 Å². The SMILES string of the molecule is CCO[C@H]1OC(C(=O)NCc2ccccc2)=C[C@@H](c2coc3ccccc23)[C@@H]1CCOCCOCCO. The number of fused-ring (bicyclic) bond motifs is 1. The molecule has 1 aliphatic rings. The Morgan fingerprint density at radius 2 is 1.76 bits per heavy atom. The van der Waals surface area contributed by atoms with Crippen molar-refractivity contribution in [2.45, 2.75) is 32.1 Å². The second-order valence-electron chi connectivity index (χ2n) is 8.75. The van der Waals surface area contributed by atoms with Crippen LogP contribution in [-0.4, -0.2) is 56.9 Å². The number of carbonyl (C=O) groups excluding carboxylic acids is 1. The van der Waals surface area contributed by atoms with Crippen molar-refractivity contribution >= 4 is 16.9 Å². The Morgan fingerprint density at radius 1 is 1.00 bits per heavy atom. The van der Waals surface area contributed by atoms with Crippen molar-refractivity contribution in [3.63, 3.8) is 0 Å². The van der Waals surface area contributed by atoms with E-state index >= 15 is 0 Å². The normalized spacial score (nSPS) is 19.4. The third-order valence-corrected chi connectivity index (χ3v) is 6.31. The first-order valence-corrected chi connectivity index (χ1v) is 12.8. The Morgan fingerprint density at radius 3 is 2.54 bits per heavy atom. The topological polar surface area (TPSA) is 99.4 Å². The maximum absolute atomic E-state index is 13.2. The van der Waals surface area contributed by atoms with E-state index in [1.807, 2.05) is 67.6 Å². The van der Waals surface area contributed by atoms with Crippen LogP contribution in [0, 0.1) is 5.92 Å². The fraction of sp³-hybridized carbons (Fsp3) is 0.414. The third-order valence-electron chi connectivity index (χ3n) is 6.31. The van der Waals surface area contributed by atoms with Gasteiger partial charge in [-0.2, -0.15) is 0 Å². The number of furan rings is 1. The molecule has 0 unspecified atom stereocenters. The van der Waals surface area contributed by atoms with Crippen molar-refractivity contribution < 1.29 is 33.3 Å². The van der Waals surface area contributed by atoms with Crippen molar-refractivity contribution in [3.8, 4) is 0 Å². The van der Waals surface area contributed by atoms with Gasteiger partial charge in [0.2, 0.25) is 6.29 Å². The quantitative estimate of drug-likeness (QED) is 0.315. The Bertz CT molecular complexity index is 1140. The second-order valence-corrected chi connectivity index (χ2v) is 8.75. The number of ether oxygens (including phenoxy) is 4. The van der Waals surface area contributed by atoms with E-state index < -0.39 is 6.29 Å². The molecule has 37 heavy (non-hydrogen) atoms. The molecule has 1 amide bonds. The minimum absolute atomic E-state index is 0.0105. The van der Waals surface area contributed by atoms with Gasteiger partial charge in [-0.1, -0.05) is 48.5 Å². The number of hydrogen-bond donors (Lipinski definition) is 2. The zero-order valence-corrected chi connectivity index (χ0v) is 21.1. The Kier molecular flexibility index (Phi) is 10.1. The summed E-state index contributed by atoms with van der Waals surface area (Å²) in [5.41, 5.74) is 2.77. The average Bonchev–Trinajstić information content (AvgIpc) is 3.36. The molecule has 0 radical (unpaired) electrons. The van der Waals surface area contributed by atoms with Crippen LogP contribution in [0.1, 0.15) is 30.4 Å². The lowest BCUT2D eigenvalue weighted by molar-refractivity contribution is -0.168. The summed E-state index contributed by atoms with van der Waals surface area (Å²) in [6.45, 7) is 4.34. The zero-order valence-electron chi connectivity index (χ0n) is 21.1. The van der Waals surface area contributed by atoms with Crippen LogP contribution in [0.4, 0.5) is 0 Å². The van der Waals surface area contributed by atoms with Gasteiger partial charge in [-0.3, -0.25) is 4.79 Å². The predicted molar refractivity (Wildman–Crippen MR) is 139 cm³/mol. The van der Waals surface area contributed by atoms with Gasteiger partial charge in [-0.15, -0.1) is 0 Å². The number of amides is 1. The number of aliphatic hydroxyl groups excluding tert-OH is 1. The molecule has 0 saturated carbocycles. The van der Waals surface area contributed by atoms with Gasteiger partial charge in [-0.05, 0) is 31.1 Å². The van der Waals surface area contributed by atoms with Crippen LogP contribution in [0.25, 0.3) is 11.0 Å². The molecule has 1 aromatic heterocycles. The Hall–Kier alpha value is -3.17. The smallest absolute Gasteiger partial charge is 0.286 e. The molecule has 4 rings (SSSR count). The lowest BCUT2D eigenvalue weighted by atomic mass is 9.81. The molecule has 8 heteroatoms. The highest BCUT2D eigenvalue weighted by Gasteiger charge is 2.39. The van der Waals surface area contributed by atoms with E-state index in [-0.39, 0.29) is 30.1 Å². The molecule has 1 aliphatic heterocycles. The second kappa shape index (κ2) is 13.9. The van der Waals surface area contributed by atoms with Gasteiger partial charge in [0.25, 0.3) is 5.91 Å². The highest BCUT2D eigenvalue weighted by molar-refractivity contribution is 5.92. The largest absolute Gasteiger partial charge is 0.464 e. The zero-order chi connectivity index (χ0) is 25.9. The summed E-state index contributed by atoms with van der Waals surface area (Å²) in [5.74, 6) is -0.341. The molecule has 0 fully saturated rings. The van der Waals surface area contributed by atoms with E-state index in [1.165, 1.54) is 0 Å². The van der Waals surface area contributed by atoms with E-state index in [0.717, 1.165) is 22.1 Å². The first-order chi connectivity index (χ1) is 18.2. The number of aliphatic hydroxyl groups is 1. The maximum Gasteiger partial charge on any atom is 0.286 e. The van der Waals surface area contributed by atoms with Crippen LogP contribution in [0.3, 0.4) is 0 Å². The van der Waals surface area contributed by atoms with Crippen LogP contribution in [-0.2, 0) is 30.3 Å². The predicted octanol–water partition coefficient (Wildman–Crippen LogP) is 4.14. The molecular formula is C29H35NO7. The van der Waals surface area contributed by atoms with E-state index in [0.29, 0.717) is 46.0 Å². The summed E-state index contributed by atoms with van der Waals surface area (Å²) in [7, 11) is 0. The van der Waals surface area contributed by atoms with Crippen molar-refractivity contribution in [1.82, 2.24) is 5.32 Å². The number of carbonyl (C=O) groups is 1. The number of hydrogen-bond acceptors (Lipinski definition) is 7. The summed E-state index contributed by atoms with van der Waals surface area (Å²) < 4.78 is 29.0. The monoisotopic (exact) mass is 509 g/mol. The Labute approximate surface area is 217 Å². The number of rotatable bonds is 14. The van der Waals surface area contributed by atoms with Crippen LogP contribution < -0.4 is 5.32 Å². The molecule has 2 N–H and O–H groups in total. The van der Waals surface area contributed by atoms with Gasteiger partial charge in [0.05, 0.1) is 32.7 Å². The summed E-state index contributed by atoms with van der Waals surface area (Å²) in [5, 5.41) is 12.8. The highest BCUT2D eigenvalue weighted by Crippen LogP contribution is 2.41. The summed E-state index contributed by atoms with van der Waals surface area (Å²) in [4.78, 5) is 13.2. The van der Waals surface area contributed by atoms with E-state index in [2.05, 4.69) is 5.32 Å². The fourth-order valence-electron chi connectivity index (χ4n) is 4.52. The average molecular weight is 510 g/mol. The number of para-hydroxylation sites is 1. The summed E-state index contributed by atoms with van der Waals surface area (Å²) in [6.07, 6.45) is 3.66. The number of benzene rings is 2. The molecule has 0 spiro atoms. The molecule has 3 atom stereocenters. The molecule has 8 nitrogen and oxygen atoms in total. The molecule has 198 valence electrons. The summed E-state index contributed by atoms with van der Waals surface area (Å²) >= 11 is 0. The van der Waals surface area contributed by atoms with Crippen LogP contribution in [0.5, 0.6) is 0 Å². The van der Waals surface area contributed by atoms with Crippen molar-refractivity contribution in [1.29, 1.82) is 0 Å². The molecule has 3 aromatic rings. The van der Waals surface area contributed by atoms with Crippen LogP contribution in [0.2, 0.25) is 0 Å². The lowest BCUT2D eigenvalue weighted by Crippen LogP contribution is -2.39. The van der Waals surface area contributed by atoms with Crippen molar-refractivity contribution in [2.24, 2.45) is 5.92 Å². The standard InChI is InChI=1S/C29H35NO7/c1-2-35-29-23(12-14-33-16-17-34-15-13-31)24(25-20-36-26-11-7-6-10-22(25)26)18-27(37-29)28(32)30-19-21-8-4-3-5-9-21/h3-11,18,20,23-24,29,31H,2,12-17,19H2,1H3,(H,30,32)/t23-,24+,29-/m0/s1. The molecule has 2 heterocycles. The summed E-state index contributed by atoms with van der Waals surface area (Å²) in [6, 6.07) is 17.6. The van der Waals surface area contributed by atoms with Crippen molar-refractivity contribution in [2.75, 3.05) is 39.6 Å². The Balaban J connectivity index is 1.54. The van der Waals surface area contributed by atoms with E-state index in [1.54, 1.807) is 6.26 Å². The minimum atomic E-state index is -0.625. The first kappa shape index (κ1) is 26.9. The third kappa shape index (κ3) is 7.20. The molecule has 0 bridgehead atoms. The van der Waals surface area contributed by atoms with Crippen molar-refractivity contribution in [3.05, 3.63) is 83.8 Å². The lowest BCUT2D eigenvalue weighted by Gasteiger charge is -2.36. The van der Waals surface area contributed by atoms with Gasteiger partial charge in [0.15, 0.2) is 5.76 Å². The minimum Gasteiger partial charge on any atom is -0.464 e.